The fraction of sp³-hybridized carbons (Fsp3) is 0.583. The maximum atomic E-state index is 4.89. The van der Waals surface area contributed by atoms with E-state index in [4.69, 9.17) is 9.98 Å². The van der Waals surface area contributed by atoms with E-state index in [0.717, 1.165) is 55.3 Å². The molecule has 0 radical (unpaired) electrons. The molecule has 1 aromatic carbocycles. The van der Waals surface area contributed by atoms with Crippen molar-refractivity contribution in [3.8, 4) is 0 Å². The quantitative estimate of drug-likeness (QED) is 0.250. The first-order valence-corrected chi connectivity index (χ1v) is 11.3. The highest BCUT2D eigenvalue weighted by molar-refractivity contribution is 14.0. The van der Waals surface area contributed by atoms with Crippen LogP contribution in [-0.2, 0) is 6.54 Å². The Morgan fingerprint density at radius 2 is 1.84 bits per heavy atom. The molecule has 7 heteroatoms. The number of para-hydroxylation sites is 1. The van der Waals surface area contributed by atoms with Gasteiger partial charge in [0.1, 0.15) is 5.82 Å². The molecule has 0 saturated heterocycles. The molecule has 31 heavy (non-hydrogen) atoms. The first-order valence-electron chi connectivity index (χ1n) is 11.3. The summed E-state index contributed by atoms with van der Waals surface area (Å²) in [5, 5.41) is 8.13. The molecule has 0 aliphatic rings. The summed E-state index contributed by atoms with van der Waals surface area (Å²) in [7, 11) is 4.05. The first kappa shape index (κ1) is 27.4. The number of hydrogen-bond acceptors (Lipinski definition) is 4. The minimum atomic E-state index is 0. The number of guanidine groups is 1. The van der Waals surface area contributed by atoms with Crippen LogP contribution < -0.4 is 15.5 Å². The first-order chi connectivity index (χ1) is 14.5. The number of aromatic nitrogens is 1. The summed E-state index contributed by atoms with van der Waals surface area (Å²) in [6, 6.07) is 10.8. The van der Waals surface area contributed by atoms with E-state index in [1.807, 2.05) is 25.1 Å². The third-order valence-corrected chi connectivity index (χ3v) is 5.39. The number of anilines is 1. The molecule has 0 aliphatic heterocycles. The topological polar surface area (TPSA) is 55.8 Å². The predicted octanol–water partition coefficient (Wildman–Crippen LogP) is 4.48. The summed E-state index contributed by atoms with van der Waals surface area (Å²) in [5.74, 6) is 1.83. The molecule has 1 aromatic heterocycles. The van der Waals surface area contributed by atoms with E-state index in [0.29, 0.717) is 12.6 Å². The van der Waals surface area contributed by atoms with Gasteiger partial charge in [-0.2, -0.15) is 0 Å². The van der Waals surface area contributed by atoms with Crippen LogP contribution in [0.2, 0.25) is 0 Å². The van der Waals surface area contributed by atoms with Gasteiger partial charge >= 0.3 is 0 Å². The molecule has 2 N–H and O–H groups in total. The fourth-order valence-corrected chi connectivity index (χ4v) is 3.54. The Bertz CT molecular complexity index is 804. The van der Waals surface area contributed by atoms with Gasteiger partial charge < -0.3 is 20.4 Å². The van der Waals surface area contributed by atoms with Gasteiger partial charge in [-0.15, -0.1) is 24.0 Å². The summed E-state index contributed by atoms with van der Waals surface area (Å²) in [4.78, 5) is 14.2. The maximum absolute atomic E-state index is 4.89. The number of benzene rings is 1. The van der Waals surface area contributed by atoms with Crippen LogP contribution in [0.4, 0.5) is 5.82 Å². The third-order valence-electron chi connectivity index (χ3n) is 5.39. The van der Waals surface area contributed by atoms with E-state index in [9.17, 15) is 0 Å². The second-order valence-electron chi connectivity index (χ2n) is 7.96. The number of rotatable bonds is 11. The Hall–Kier alpha value is -1.61. The van der Waals surface area contributed by atoms with Crippen molar-refractivity contribution in [2.24, 2.45) is 4.99 Å². The van der Waals surface area contributed by atoms with Crippen molar-refractivity contribution in [2.75, 3.05) is 45.2 Å². The third kappa shape index (κ3) is 8.80. The second kappa shape index (κ2) is 14.5. The van der Waals surface area contributed by atoms with Crippen molar-refractivity contribution in [1.29, 1.82) is 0 Å². The minimum absolute atomic E-state index is 0. The lowest BCUT2D eigenvalue weighted by Crippen LogP contribution is -2.42. The van der Waals surface area contributed by atoms with Crippen molar-refractivity contribution in [3.05, 3.63) is 35.9 Å². The normalized spacial score (nSPS) is 12.5. The van der Waals surface area contributed by atoms with Gasteiger partial charge in [0, 0.05) is 32.1 Å². The summed E-state index contributed by atoms with van der Waals surface area (Å²) in [6.45, 7) is 13.7. The fourth-order valence-electron chi connectivity index (χ4n) is 3.54. The molecule has 2 aromatic rings. The summed E-state index contributed by atoms with van der Waals surface area (Å²) in [6.07, 6.45) is 2.32. The number of aliphatic imine (C=N–C) groups is 1. The number of nitrogens with one attached hydrogen (secondary N) is 2. The van der Waals surface area contributed by atoms with Crippen LogP contribution in [0.15, 0.2) is 35.3 Å². The van der Waals surface area contributed by atoms with Crippen molar-refractivity contribution in [3.63, 3.8) is 0 Å². The number of halogens is 1. The van der Waals surface area contributed by atoms with Crippen LogP contribution >= 0.6 is 24.0 Å². The minimum Gasteiger partial charge on any atom is -0.363 e. The van der Waals surface area contributed by atoms with Gasteiger partial charge in [0.2, 0.25) is 0 Å². The lowest BCUT2D eigenvalue weighted by atomic mass is 10.1. The van der Waals surface area contributed by atoms with Crippen LogP contribution in [0.25, 0.3) is 10.9 Å². The maximum Gasteiger partial charge on any atom is 0.191 e. The van der Waals surface area contributed by atoms with Crippen molar-refractivity contribution < 1.29 is 0 Å². The number of nitrogens with zero attached hydrogens (tertiary/aromatic N) is 4. The molecule has 0 bridgehead atoms. The van der Waals surface area contributed by atoms with Crippen LogP contribution in [0.3, 0.4) is 0 Å². The molecule has 6 nitrogen and oxygen atoms in total. The highest BCUT2D eigenvalue weighted by Crippen LogP contribution is 2.22. The van der Waals surface area contributed by atoms with Crippen LogP contribution in [0, 0.1) is 0 Å². The predicted molar refractivity (Wildman–Crippen MR) is 146 cm³/mol. The molecule has 1 atom stereocenters. The molecule has 0 amide bonds. The van der Waals surface area contributed by atoms with E-state index >= 15 is 0 Å². The molecule has 0 saturated carbocycles. The summed E-state index contributed by atoms with van der Waals surface area (Å²) < 4.78 is 0. The Morgan fingerprint density at radius 3 is 2.48 bits per heavy atom. The van der Waals surface area contributed by atoms with Crippen LogP contribution in [0.1, 0.15) is 46.1 Å². The zero-order valence-corrected chi connectivity index (χ0v) is 22.4. The van der Waals surface area contributed by atoms with Gasteiger partial charge in [-0.1, -0.05) is 32.0 Å². The second-order valence-corrected chi connectivity index (χ2v) is 7.96. The van der Waals surface area contributed by atoms with Crippen molar-refractivity contribution in [2.45, 2.75) is 53.1 Å². The zero-order chi connectivity index (χ0) is 21.9. The smallest absolute Gasteiger partial charge is 0.191 e. The largest absolute Gasteiger partial charge is 0.363 e. The van der Waals surface area contributed by atoms with E-state index in [1.165, 1.54) is 12.0 Å². The Balaban J connectivity index is 0.00000480. The average molecular weight is 541 g/mol. The van der Waals surface area contributed by atoms with Crippen LogP contribution in [0.5, 0.6) is 0 Å². The molecule has 1 unspecified atom stereocenters. The van der Waals surface area contributed by atoms with E-state index in [2.05, 4.69) is 67.5 Å². The molecular weight excluding hydrogens is 499 g/mol. The standard InChI is InChI=1S/C24H40N6.HI/c1-7-25-24(27-19(4)13-12-16-30(8-2)9-3)26-18-20-17-23(29(5)6)28-22-15-11-10-14-21(20)22;/h10-11,14-15,17,19H,7-9,12-13,16,18H2,1-6H3,(H2,25,26,27);1H. The SMILES string of the molecule is CCNC(=NCc1cc(N(C)C)nc2ccccc12)NC(C)CCCN(CC)CC.I. The highest BCUT2D eigenvalue weighted by atomic mass is 127. The molecule has 0 spiro atoms. The van der Waals surface area contributed by atoms with Gasteiger partial charge in [0.25, 0.3) is 0 Å². The number of pyridine rings is 1. The molecule has 0 aliphatic carbocycles. The van der Waals surface area contributed by atoms with Gasteiger partial charge in [-0.25, -0.2) is 9.98 Å². The Labute approximate surface area is 205 Å². The monoisotopic (exact) mass is 540 g/mol. The van der Waals surface area contributed by atoms with Crippen molar-refractivity contribution >= 4 is 46.7 Å². The molecule has 1 heterocycles. The van der Waals surface area contributed by atoms with Gasteiger partial charge in [0.15, 0.2) is 5.96 Å². The van der Waals surface area contributed by atoms with Crippen LogP contribution in [-0.4, -0.2) is 62.2 Å². The lowest BCUT2D eigenvalue weighted by molar-refractivity contribution is 0.292. The molecule has 174 valence electrons. The molecule has 0 fully saturated rings. The van der Waals surface area contributed by atoms with E-state index in [-0.39, 0.29) is 24.0 Å². The van der Waals surface area contributed by atoms with Gasteiger partial charge in [0.05, 0.1) is 12.1 Å². The van der Waals surface area contributed by atoms with Gasteiger partial charge in [-0.3, -0.25) is 0 Å². The molecule has 2 rings (SSSR count). The Morgan fingerprint density at radius 1 is 1.13 bits per heavy atom. The van der Waals surface area contributed by atoms with Gasteiger partial charge in [-0.05, 0) is 64.0 Å². The summed E-state index contributed by atoms with van der Waals surface area (Å²) in [5.41, 5.74) is 2.20. The lowest BCUT2D eigenvalue weighted by Gasteiger charge is -2.21. The molecular formula is C24H41IN6. The van der Waals surface area contributed by atoms with E-state index < -0.39 is 0 Å². The highest BCUT2D eigenvalue weighted by Gasteiger charge is 2.09. The number of fused-ring (bicyclic) bond motifs is 1. The summed E-state index contributed by atoms with van der Waals surface area (Å²) >= 11 is 0. The average Bonchev–Trinajstić information content (AvgIpc) is 2.74. The van der Waals surface area contributed by atoms with Crippen molar-refractivity contribution in [1.82, 2.24) is 20.5 Å². The Kier molecular flexibility index (Phi) is 12.8. The number of hydrogen-bond donors (Lipinski definition) is 2. The van der Waals surface area contributed by atoms with E-state index in [1.54, 1.807) is 0 Å². The zero-order valence-electron chi connectivity index (χ0n) is 20.1.